The molecule has 0 aliphatic carbocycles. The predicted octanol–water partition coefficient (Wildman–Crippen LogP) is 7.60. The van der Waals surface area contributed by atoms with E-state index in [4.69, 9.17) is 67.5 Å². The van der Waals surface area contributed by atoms with E-state index < -0.39 is 17.8 Å². The summed E-state index contributed by atoms with van der Waals surface area (Å²) < 4.78 is 11.6. The SMILES string of the molecule is CCOc1cc(/C=C2\C(=O)NC(=O)N(c3ccc(Cl)c(Cl)c3)C2=O)cc(Cl)c1OCc1ccc(Cl)cc1Cl. The molecule has 0 bridgehead atoms. The van der Waals surface area contributed by atoms with Crippen LogP contribution >= 0.6 is 58.0 Å². The Bertz CT molecular complexity index is 1490. The standard InChI is InChI=1S/C26H17Cl5N2O5/c1-2-37-22-9-13(8-21(31)23(22)38-12-14-3-4-15(27)10-19(14)29)7-17-24(34)32-26(36)33(25(17)35)16-5-6-18(28)20(30)11-16/h3-11H,2,12H2,1H3,(H,32,34,36)/b17-7+. The van der Waals surface area contributed by atoms with Gasteiger partial charge < -0.3 is 9.47 Å². The van der Waals surface area contributed by atoms with Crippen molar-refractivity contribution in [3.8, 4) is 11.5 Å². The molecule has 3 aromatic rings. The molecular weight excluding hydrogens is 598 g/mol. The number of rotatable bonds is 7. The second-order valence-electron chi connectivity index (χ2n) is 7.84. The molecule has 0 radical (unpaired) electrons. The maximum Gasteiger partial charge on any atom is 0.335 e. The molecule has 1 aliphatic rings. The van der Waals surface area contributed by atoms with Crippen LogP contribution in [0.2, 0.25) is 25.1 Å². The number of carbonyl (C=O) groups excluding carboxylic acids is 3. The van der Waals surface area contributed by atoms with Crippen LogP contribution in [0.3, 0.4) is 0 Å². The number of benzene rings is 3. The van der Waals surface area contributed by atoms with Gasteiger partial charge in [-0.1, -0.05) is 64.1 Å². The number of nitrogens with one attached hydrogen (secondary N) is 1. The van der Waals surface area contributed by atoms with E-state index >= 15 is 0 Å². The first kappa shape index (κ1) is 28.1. The first-order valence-electron chi connectivity index (χ1n) is 11.0. The molecule has 0 spiro atoms. The monoisotopic (exact) mass is 612 g/mol. The number of carbonyl (C=O) groups is 3. The molecule has 0 unspecified atom stereocenters. The molecule has 0 saturated carbocycles. The molecule has 12 heteroatoms. The summed E-state index contributed by atoms with van der Waals surface area (Å²) >= 11 is 30.7. The maximum absolute atomic E-state index is 13.2. The number of amides is 4. The fraction of sp³-hybridized carbons (Fsp3) is 0.115. The van der Waals surface area contributed by atoms with E-state index in [9.17, 15) is 14.4 Å². The molecule has 0 aromatic heterocycles. The molecule has 4 amide bonds. The van der Waals surface area contributed by atoms with Crippen molar-refractivity contribution in [1.29, 1.82) is 0 Å². The van der Waals surface area contributed by atoms with Gasteiger partial charge in [0.25, 0.3) is 11.8 Å². The van der Waals surface area contributed by atoms with Crippen molar-refractivity contribution in [2.75, 3.05) is 11.5 Å². The van der Waals surface area contributed by atoms with Gasteiger partial charge in [0, 0.05) is 15.6 Å². The molecule has 4 rings (SSSR count). The van der Waals surface area contributed by atoms with Crippen molar-refractivity contribution >= 4 is 87.6 Å². The number of nitrogens with zero attached hydrogens (tertiary/aromatic N) is 1. The van der Waals surface area contributed by atoms with Gasteiger partial charge in [0.05, 0.1) is 27.4 Å². The van der Waals surface area contributed by atoms with E-state index in [1.807, 2.05) is 0 Å². The van der Waals surface area contributed by atoms with Gasteiger partial charge in [-0.2, -0.15) is 0 Å². The average Bonchev–Trinajstić information content (AvgIpc) is 2.84. The van der Waals surface area contributed by atoms with E-state index in [0.717, 1.165) is 4.90 Å². The highest BCUT2D eigenvalue weighted by atomic mass is 35.5. The second kappa shape index (κ2) is 11.8. The third kappa shape index (κ3) is 6.03. The van der Waals surface area contributed by atoms with Gasteiger partial charge in [-0.15, -0.1) is 0 Å². The van der Waals surface area contributed by atoms with Crippen LogP contribution in [0.1, 0.15) is 18.1 Å². The highest BCUT2D eigenvalue weighted by Crippen LogP contribution is 2.39. The van der Waals surface area contributed by atoms with Crippen LogP contribution in [0.5, 0.6) is 11.5 Å². The lowest BCUT2D eigenvalue weighted by Crippen LogP contribution is -2.54. The zero-order valence-electron chi connectivity index (χ0n) is 19.5. The first-order valence-corrected chi connectivity index (χ1v) is 12.9. The normalized spacial score (nSPS) is 14.6. The molecule has 1 heterocycles. The van der Waals surface area contributed by atoms with Gasteiger partial charge in [0.1, 0.15) is 12.2 Å². The van der Waals surface area contributed by atoms with Gasteiger partial charge in [0.15, 0.2) is 11.5 Å². The lowest BCUT2D eigenvalue weighted by molar-refractivity contribution is -0.122. The molecule has 3 aromatic carbocycles. The third-order valence-corrected chi connectivity index (χ3v) is 6.90. The molecule has 1 fully saturated rings. The van der Waals surface area contributed by atoms with Gasteiger partial charge in [-0.25, -0.2) is 9.69 Å². The summed E-state index contributed by atoms with van der Waals surface area (Å²) in [5.41, 5.74) is 0.864. The van der Waals surface area contributed by atoms with Gasteiger partial charge >= 0.3 is 6.03 Å². The van der Waals surface area contributed by atoms with Gasteiger partial charge in [-0.3, -0.25) is 14.9 Å². The minimum absolute atomic E-state index is 0.0812. The minimum Gasteiger partial charge on any atom is -0.490 e. The lowest BCUT2D eigenvalue weighted by atomic mass is 10.1. The van der Waals surface area contributed by atoms with Gasteiger partial charge in [0.2, 0.25) is 0 Å². The zero-order valence-corrected chi connectivity index (χ0v) is 23.3. The fourth-order valence-corrected chi connectivity index (χ4v) is 4.57. The largest absolute Gasteiger partial charge is 0.490 e. The van der Waals surface area contributed by atoms with E-state index in [-0.39, 0.29) is 51.0 Å². The summed E-state index contributed by atoms with van der Waals surface area (Å²) in [5.74, 6) is -1.21. The molecular formula is C26H17Cl5N2O5. The summed E-state index contributed by atoms with van der Waals surface area (Å²) in [7, 11) is 0. The lowest BCUT2D eigenvalue weighted by Gasteiger charge is -2.26. The van der Waals surface area contributed by atoms with Crippen LogP contribution in [-0.4, -0.2) is 24.5 Å². The Hall–Kier alpha value is -2.94. The summed E-state index contributed by atoms with van der Waals surface area (Å²) in [6.07, 6.45) is 1.29. The number of imide groups is 2. The molecule has 1 saturated heterocycles. The number of halogens is 5. The molecule has 7 nitrogen and oxygen atoms in total. The quantitative estimate of drug-likeness (QED) is 0.219. The number of barbiturate groups is 1. The number of ether oxygens (including phenoxy) is 2. The number of hydrogen-bond donors (Lipinski definition) is 1. The zero-order chi connectivity index (χ0) is 27.6. The minimum atomic E-state index is -0.923. The maximum atomic E-state index is 13.2. The summed E-state index contributed by atoms with van der Waals surface area (Å²) in [4.78, 5) is 39.1. The molecule has 38 heavy (non-hydrogen) atoms. The van der Waals surface area contributed by atoms with Crippen LogP contribution in [-0.2, 0) is 16.2 Å². The van der Waals surface area contributed by atoms with E-state index in [1.54, 1.807) is 31.2 Å². The van der Waals surface area contributed by atoms with Crippen molar-refractivity contribution in [2.45, 2.75) is 13.5 Å². The Labute approximate surface area is 242 Å². The Morgan fingerprint density at radius 3 is 2.29 bits per heavy atom. The Morgan fingerprint density at radius 1 is 0.842 bits per heavy atom. The second-order valence-corrected chi connectivity index (χ2v) is 9.91. The smallest absolute Gasteiger partial charge is 0.335 e. The van der Waals surface area contributed by atoms with Crippen molar-refractivity contribution in [1.82, 2.24) is 5.32 Å². The van der Waals surface area contributed by atoms with E-state index in [1.165, 1.54) is 30.3 Å². The van der Waals surface area contributed by atoms with Crippen molar-refractivity contribution in [2.24, 2.45) is 0 Å². The third-order valence-electron chi connectivity index (χ3n) is 5.29. The van der Waals surface area contributed by atoms with E-state index in [0.29, 0.717) is 21.2 Å². The molecule has 0 atom stereocenters. The van der Waals surface area contributed by atoms with Gasteiger partial charge in [-0.05, 0) is 61.0 Å². The van der Waals surface area contributed by atoms with Crippen molar-refractivity contribution in [3.05, 3.63) is 90.3 Å². The summed E-state index contributed by atoms with van der Waals surface area (Å²) in [6.45, 7) is 2.14. The summed E-state index contributed by atoms with van der Waals surface area (Å²) in [5, 5.41) is 3.60. The van der Waals surface area contributed by atoms with Crippen LogP contribution in [0.15, 0.2) is 54.1 Å². The topological polar surface area (TPSA) is 84.9 Å². The van der Waals surface area contributed by atoms with Crippen LogP contribution in [0.25, 0.3) is 6.08 Å². The molecule has 196 valence electrons. The van der Waals surface area contributed by atoms with Crippen molar-refractivity contribution < 1.29 is 23.9 Å². The Balaban J connectivity index is 1.67. The average molecular weight is 615 g/mol. The number of hydrogen-bond acceptors (Lipinski definition) is 5. The Kier molecular flexibility index (Phi) is 8.75. The Morgan fingerprint density at radius 2 is 1.61 bits per heavy atom. The summed E-state index contributed by atoms with van der Waals surface area (Å²) in [6, 6.07) is 11.4. The van der Waals surface area contributed by atoms with Crippen molar-refractivity contribution in [3.63, 3.8) is 0 Å². The van der Waals surface area contributed by atoms with Crippen LogP contribution in [0, 0.1) is 0 Å². The molecule has 1 N–H and O–H groups in total. The van der Waals surface area contributed by atoms with Crippen LogP contribution in [0.4, 0.5) is 10.5 Å². The number of anilines is 1. The fourth-order valence-electron chi connectivity index (χ4n) is 3.55. The molecule has 1 aliphatic heterocycles. The highest BCUT2D eigenvalue weighted by molar-refractivity contribution is 6.43. The number of urea groups is 1. The predicted molar refractivity (Wildman–Crippen MR) is 149 cm³/mol. The van der Waals surface area contributed by atoms with Crippen LogP contribution < -0.4 is 19.7 Å². The highest BCUT2D eigenvalue weighted by Gasteiger charge is 2.37. The first-order chi connectivity index (χ1) is 18.1. The van der Waals surface area contributed by atoms with E-state index in [2.05, 4.69) is 5.32 Å².